The Labute approximate surface area is 166 Å². The van der Waals surface area contributed by atoms with Crippen molar-refractivity contribution in [3.05, 3.63) is 102 Å². The average Bonchev–Trinajstić information content (AvgIpc) is 2.72. The van der Waals surface area contributed by atoms with Crippen LogP contribution in [0.1, 0.15) is 33.8 Å². The van der Waals surface area contributed by atoms with Gasteiger partial charge in [-0.1, -0.05) is 66.7 Å². The molecule has 1 N–H and O–H groups in total. The van der Waals surface area contributed by atoms with E-state index < -0.39 is 9.84 Å². The Morgan fingerprint density at radius 2 is 1.43 bits per heavy atom. The molecule has 3 rings (SSSR count). The molecule has 0 heterocycles. The van der Waals surface area contributed by atoms with Crippen LogP contribution in [-0.4, -0.2) is 27.1 Å². The van der Waals surface area contributed by atoms with E-state index in [0.717, 1.165) is 12.7 Å². The molecule has 0 saturated heterocycles. The van der Waals surface area contributed by atoms with Gasteiger partial charge >= 0.3 is 0 Å². The van der Waals surface area contributed by atoms with Gasteiger partial charge in [-0.2, -0.15) is 0 Å². The quantitative estimate of drug-likeness (QED) is 0.659. The van der Waals surface area contributed by atoms with Crippen molar-refractivity contribution in [2.45, 2.75) is 17.2 Å². The third kappa shape index (κ3) is 5.08. The fraction of sp³-hybridized carbons (Fsp3) is 0.174. The zero-order valence-electron chi connectivity index (χ0n) is 15.7. The monoisotopic (exact) mass is 393 g/mol. The molecule has 1 amide bonds. The molecule has 0 bridgehead atoms. The van der Waals surface area contributed by atoms with E-state index in [1.807, 2.05) is 36.4 Å². The fourth-order valence-electron chi connectivity index (χ4n) is 3.20. The highest BCUT2D eigenvalue weighted by molar-refractivity contribution is 7.90. The van der Waals surface area contributed by atoms with Gasteiger partial charge in [-0.05, 0) is 35.7 Å². The maximum absolute atomic E-state index is 12.5. The topological polar surface area (TPSA) is 63.2 Å². The van der Waals surface area contributed by atoms with E-state index in [1.54, 1.807) is 12.1 Å². The lowest BCUT2D eigenvalue weighted by atomic mass is 9.88. The maximum atomic E-state index is 12.5. The summed E-state index contributed by atoms with van der Waals surface area (Å²) in [5.74, 6) is -0.101. The molecule has 28 heavy (non-hydrogen) atoms. The number of amides is 1. The van der Waals surface area contributed by atoms with Crippen LogP contribution in [0.3, 0.4) is 0 Å². The van der Waals surface area contributed by atoms with Crippen LogP contribution in [0.15, 0.2) is 89.8 Å². The first-order valence-electron chi connectivity index (χ1n) is 9.13. The minimum atomic E-state index is -3.34. The molecule has 4 nitrogen and oxygen atoms in total. The molecule has 3 aromatic rings. The van der Waals surface area contributed by atoms with Crippen molar-refractivity contribution in [2.75, 3.05) is 12.8 Å². The molecule has 0 aromatic heterocycles. The van der Waals surface area contributed by atoms with Gasteiger partial charge in [0.25, 0.3) is 5.91 Å². The third-order valence-corrected chi connectivity index (χ3v) is 5.76. The number of nitrogens with one attached hydrogen (secondary N) is 1. The molecule has 0 aliphatic heterocycles. The summed E-state index contributed by atoms with van der Waals surface area (Å²) in [5.41, 5.74) is 2.74. The van der Waals surface area contributed by atoms with Gasteiger partial charge in [-0.3, -0.25) is 4.79 Å². The van der Waals surface area contributed by atoms with E-state index >= 15 is 0 Å². The molecule has 0 spiro atoms. The van der Waals surface area contributed by atoms with Crippen LogP contribution in [0, 0.1) is 0 Å². The number of carbonyl (C=O) groups is 1. The first-order valence-corrected chi connectivity index (χ1v) is 11.0. The van der Waals surface area contributed by atoms with Gasteiger partial charge in [0.2, 0.25) is 0 Å². The lowest BCUT2D eigenvalue weighted by molar-refractivity contribution is 0.0952. The molecule has 0 aliphatic carbocycles. The number of hydrogen-bond donors (Lipinski definition) is 1. The number of hydrogen-bond acceptors (Lipinski definition) is 3. The molecular weight excluding hydrogens is 370 g/mol. The number of benzene rings is 3. The Bertz CT molecular complexity index is 992. The first-order chi connectivity index (χ1) is 13.4. The van der Waals surface area contributed by atoms with Crippen molar-refractivity contribution in [2.24, 2.45) is 0 Å². The van der Waals surface area contributed by atoms with Crippen LogP contribution in [0.4, 0.5) is 0 Å². The molecule has 0 aliphatic rings. The van der Waals surface area contributed by atoms with E-state index in [4.69, 9.17) is 0 Å². The Hall–Kier alpha value is -2.92. The Balaban J connectivity index is 1.70. The fourth-order valence-corrected chi connectivity index (χ4v) is 3.86. The molecule has 0 saturated carbocycles. The lowest BCUT2D eigenvalue weighted by Gasteiger charge is -2.18. The highest BCUT2D eigenvalue weighted by Crippen LogP contribution is 2.27. The number of sulfone groups is 1. The van der Waals surface area contributed by atoms with E-state index in [2.05, 4.69) is 29.6 Å². The minimum absolute atomic E-state index is 0.145. The summed E-state index contributed by atoms with van der Waals surface area (Å²) in [6.45, 7) is 0.483. The molecular formula is C23H23NO3S. The summed E-state index contributed by atoms with van der Waals surface area (Å²) in [6, 6.07) is 26.5. The molecule has 0 radical (unpaired) electrons. The number of rotatable bonds is 7. The highest BCUT2D eigenvalue weighted by Gasteiger charge is 2.15. The minimum Gasteiger partial charge on any atom is -0.352 e. The second-order valence-electron chi connectivity index (χ2n) is 6.72. The van der Waals surface area contributed by atoms with E-state index in [-0.39, 0.29) is 16.7 Å². The summed E-state index contributed by atoms with van der Waals surface area (Å²) < 4.78 is 23.4. The van der Waals surface area contributed by atoms with Crippen LogP contribution >= 0.6 is 0 Å². The second-order valence-corrected chi connectivity index (χ2v) is 8.73. The molecule has 0 atom stereocenters. The van der Waals surface area contributed by atoms with Gasteiger partial charge in [0.15, 0.2) is 9.84 Å². The average molecular weight is 394 g/mol. The van der Waals surface area contributed by atoms with Gasteiger partial charge < -0.3 is 5.32 Å². The van der Waals surface area contributed by atoms with Crippen LogP contribution in [0.2, 0.25) is 0 Å². The zero-order chi connectivity index (χ0) is 20.0. The second kappa shape index (κ2) is 8.85. The maximum Gasteiger partial charge on any atom is 0.251 e. The van der Waals surface area contributed by atoms with Gasteiger partial charge in [0, 0.05) is 24.3 Å². The molecule has 0 unspecified atom stereocenters. The molecule has 5 heteroatoms. The Kier molecular flexibility index (Phi) is 6.26. The zero-order valence-corrected chi connectivity index (χ0v) is 16.5. The van der Waals surface area contributed by atoms with Gasteiger partial charge in [0.05, 0.1) is 4.90 Å². The van der Waals surface area contributed by atoms with Crippen molar-refractivity contribution in [1.29, 1.82) is 0 Å². The molecule has 144 valence electrons. The van der Waals surface area contributed by atoms with Crippen molar-refractivity contribution in [1.82, 2.24) is 5.32 Å². The number of carbonyl (C=O) groups excluding carboxylic acids is 1. The summed E-state index contributed by atoms with van der Waals surface area (Å²) in [4.78, 5) is 12.6. The summed E-state index contributed by atoms with van der Waals surface area (Å²) >= 11 is 0. The van der Waals surface area contributed by atoms with E-state index in [0.29, 0.717) is 12.1 Å². The largest absolute Gasteiger partial charge is 0.352 e. The first kappa shape index (κ1) is 19.8. The molecule has 3 aromatic carbocycles. The normalized spacial score (nSPS) is 11.4. The third-order valence-electron chi connectivity index (χ3n) is 4.65. The van der Waals surface area contributed by atoms with Crippen molar-refractivity contribution >= 4 is 15.7 Å². The van der Waals surface area contributed by atoms with Crippen molar-refractivity contribution in [3.63, 3.8) is 0 Å². The van der Waals surface area contributed by atoms with E-state index in [9.17, 15) is 13.2 Å². The van der Waals surface area contributed by atoms with Crippen molar-refractivity contribution < 1.29 is 13.2 Å². The van der Waals surface area contributed by atoms with Crippen LogP contribution < -0.4 is 5.32 Å². The SMILES string of the molecule is CS(=O)(=O)c1cccc(C(=O)NCCC(c2ccccc2)c2ccccc2)c1. The predicted molar refractivity (Wildman–Crippen MR) is 111 cm³/mol. The Morgan fingerprint density at radius 1 is 0.857 bits per heavy atom. The van der Waals surface area contributed by atoms with Crippen molar-refractivity contribution in [3.8, 4) is 0 Å². The Morgan fingerprint density at radius 3 is 1.96 bits per heavy atom. The molecule has 0 fully saturated rings. The standard InChI is InChI=1S/C23H23NO3S/c1-28(26,27)21-14-8-13-20(17-21)23(25)24-16-15-22(18-9-4-2-5-10-18)19-11-6-3-7-12-19/h2-14,17,22H,15-16H2,1H3,(H,24,25). The van der Waals surface area contributed by atoms with Crippen LogP contribution in [-0.2, 0) is 9.84 Å². The van der Waals surface area contributed by atoms with Gasteiger partial charge in [-0.25, -0.2) is 8.42 Å². The highest BCUT2D eigenvalue weighted by atomic mass is 32.2. The summed E-state index contributed by atoms with van der Waals surface area (Å²) in [7, 11) is -3.34. The predicted octanol–water partition coefficient (Wildman–Crippen LogP) is 4.04. The van der Waals surface area contributed by atoms with Gasteiger partial charge in [-0.15, -0.1) is 0 Å². The van der Waals surface area contributed by atoms with Gasteiger partial charge in [0.1, 0.15) is 0 Å². The smallest absolute Gasteiger partial charge is 0.251 e. The summed E-state index contributed by atoms with van der Waals surface area (Å²) in [6.07, 6.45) is 1.87. The summed E-state index contributed by atoms with van der Waals surface area (Å²) in [5, 5.41) is 2.91. The van der Waals surface area contributed by atoms with E-state index in [1.165, 1.54) is 23.3 Å². The van der Waals surface area contributed by atoms with Crippen LogP contribution in [0.5, 0.6) is 0 Å². The lowest BCUT2D eigenvalue weighted by Crippen LogP contribution is -2.26. The van der Waals surface area contributed by atoms with Crippen LogP contribution in [0.25, 0.3) is 0 Å².